The number of nitrogens with two attached hydrogens (primary N) is 1. The molecule has 1 fully saturated rings. The number of nitrogens with zero attached hydrogens (tertiary/aromatic N) is 2. The van der Waals surface area contributed by atoms with Gasteiger partial charge in [0.25, 0.3) is 5.69 Å². The molecule has 7 nitrogen and oxygen atoms in total. The highest BCUT2D eigenvalue weighted by Gasteiger charge is 2.35. The minimum atomic E-state index is -0.451. The van der Waals surface area contributed by atoms with Gasteiger partial charge >= 0.3 is 0 Å². The quantitative estimate of drug-likeness (QED) is 0.420. The largest absolute Gasteiger partial charge is 0.364 e. The maximum Gasteiger partial charge on any atom is 0.276 e. The van der Waals surface area contributed by atoms with Crippen molar-refractivity contribution >= 4 is 17.3 Å². The van der Waals surface area contributed by atoms with Gasteiger partial charge in [-0.25, -0.2) is 10.8 Å². The Morgan fingerprint density at radius 3 is 2.61 bits per heavy atom. The molecule has 0 amide bonds. The summed E-state index contributed by atoms with van der Waals surface area (Å²) >= 11 is 0. The van der Waals surface area contributed by atoms with Crippen molar-refractivity contribution in [3.05, 3.63) is 22.2 Å². The fraction of sp³-hybridized carbons (Fsp3) is 0.545. The van der Waals surface area contributed by atoms with Crippen LogP contribution in [0.4, 0.5) is 17.3 Å². The zero-order valence-electron chi connectivity index (χ0n) is 10.3. The summed E-state index contributed by atoms with van der Waals surface area (Å²) in [5.41, 5.74) is 2.36. The number of aromatic nitrogens is 1. The lowest BCUT2D eigenvalue weighted by Gasteiger charge is -2.42. The SMILES string of the molecule is CCC1(Nc2cc([N+](=O)[O-])cc(NN)n2)CCC1. The maximum atomic E-state index is 10.8. The smallest absolute Gasteiger partial charge is 0.276 e. The molecule has 0 radical (unpaired) electrons. The number of hydrazine groups is 1. The van der Waals surface area contributed by atoms with Crippen LogP contribution in [0, 0.1) is 10.1 Å². The zero-order valence-corrected chi connectivity index (χ0v) is 10.3. The van der Waals surface area contributed by atoms with Crippen LogP contribution < -0.4 is 16.6 Å². The molecule has 1 aromatic heterocycles. The van der Waals surface area contributed by atoms with E-state index in [4.69, 9.17) is 5.84 Å². The number of nitrogens with one attached hydrogen (secondary N) is 2. The Morgan fingerprint density at radius 2 is 2.17 bits per heavy atom. The zero-order chi connectivity index (χ0) is 13.2. The number of nitrogen functional groups attached to an aromatic ring is 1. The highest BCUT2D eigenvalue weighted by molar-refractivity contribution is 5.55. The first-order valence-corrected chi connectivity index (χ1v) is 6.00. The molecule has 1 aliphatic carbocycles. The average molecular weight is 251 g/mol. The normalized spacial score (nSPS) is 16.8. The summed E-state index contributed by atoms with van der Waals surface area (Å²) in [4.78, 5) is 14.6. The molecule has 1 aromatic rings. The fourth-order valence-corrected chi connectivity index (χ4v) is 2.20. The number of hydrogen-bond acceptors (Lipinski definition) is 6. The fourth-order valence-electron chi connectivity index (χ4n) is 2.20. The van der Waals surface area contributed by atoms with Crippen LogP contribution in [-0.2, 0) is 0 Å². The van der Waals surface area contributed by atoms with Gasteiger partial charge in [0.1, 0.15) is 11.6 Å². The first kappa shape index (κ1) is 12.6. The number of rotatable bonds is 5. The van der Waals surface area contributed by atoms with Gasteiger partial charge in [0, 0.05) is 5.54 Å². The Morgan fingerprint density at radius 1 is 1.50 bits per heavy atom. The van der Waals surface area contributed by atoms with Crippen LogP contribution in [0.25, 0.3) is 0 Å². The highest BCUT2D eigenvalue weighted by Crippen LogP contribution is 2.38. The van der Waals surface area contributed by atoms with E-state index in [2.05, 4.69) is 22.7 Å². The first-order valence-electron chi connectivity index (χ1n) is 6.00. The molecule has 0 unspecified atom stereocenters. The van der Waals surface area contributed by atoms with Gasteiger partial charge in [0.2, 0.25) is 0 Å². The minimum absolute atomic E-state index is 0.0222. The molecular weight excluding hydrogens is 234 g/mol. The molecule has 7 heteroatoms. The molecule has 0 aliphatic heterocycles. The van der Waals surface area contributed by atoms with Gasteiger partial charge in [0.05, 0.1) is 17.1 Å². The predicted molar refractivity (Wildman–Crippen MR) is 69.2 cm³/mol. The second kappa shape index (κ2) is 4.77. The van der Waals surface area contributed by atoms with E-state index >= 15 is 0 Å². The van der Waals surface area contributed by atoms with Crippen molar-refractivity contribution in [2.45, 2.75) is 38.1 Å². The van der Waals surface area contributed by atoms with Crippen molar-refractivity contribution in [1.29, 1.82) is 0 Å². The Balaban J connectivity index is 2.26. The second-order valence-corrected chi connectivity index (χ2v) is 4.61. The third-order valence-electron chi connectivity index (χ3n) is 3.55. The summed E-state index contributed by atoms with van der Waals surface area (Å²) in [5, 5.41) is 14.1. The molecule has 2 rings (SSSR count). The van der Waals surface area contributed by atoms with Gasteiger partial charge in [-0.15, -0.1) is 0 Å². The van der Waals surface area contributed by atoms with E-state index in [1.54, 1.807) is 0 Å². The lowest BCUT2D eigenvalue weighted by atomic mass is 9.75. The second-order valence-electron chi connectivity index (χ2n) is 4.61. The van der Waals surface area contributed by atoms with E-state index in [0.717, 1.165) is 19.3 Å². The Bertz CT molecular complexity index is 453. The predicted octanol–water partition coefficient (Wildman–Crippen LogP) is 2.02. The summed E-state index contributed by atoms with van der Waals surface area (Å²) in [5.74, 6) is 6.06. The van der Waals surface area contributed by atoms with E-state index in [0.29, 0.717) is 5.82 Å². The molecule has 0 bridgehead atoms. The van der Waals surface area contributed by atoms with Gasteiger partial charge < -0.3 is 10.7 Å². The molecule has 1 heterocycles. The summed E-state index contributed by atoms with van der Waals surface area (Å²) in [7, 11) is 0. The summed E-state index contributed by atoms with van der Waals surface area (Å²) < 4.78 is 0. The molecule has 1 aliphatic rings. The molecule has 1 saturated carbocycles. The lowest BCUT2D eigenvalue weighted by Crippen LogP contribution is -2.44. The molecule has 0 spiro atoms. The summed E-state index contributed by atoms with van der Waals surface area (Å²) in [6.07, 6.45) is 4.29. The lowest BCUT2D eigenvalue weighted by molar-refractivity contribution is -0.384. The third kappa shape index (κ3) is 2.35. The van der Waals surface area contributed by atoms with E-state index in [1.165, 1.54) is 18.6 Å². The molecule has 0 atom stereocenters. The topological polar surface area (TPSA) is 106 Å². The van der Waals surface area contributed by atoms with E-state index in [-0.39, 0.29) is 17.0 Å². The van der Waals surface area contributed by atoms with Crippen molar-refractivity contribution in [2.75, 3.05) is 10.7 Å². The molecule has 4 N–H and O–H groups in total. The van der Waals surface area contributed by atoms with Crippen LogP contribution in [0.3, 0.4) is 0 Å². The molecule has 18 heavy (non-hydrogen) atoms. The minimum Gasteiger partial charge on any atom is -0.364 e. The van der Waals surface area contributed by atoms with E-state index < -0.39 is 4.92 Å². The van der Waals surface area contributed by atoms with E-state index in [1.807, 2.05) is 0 Å². The summed E-state index contributed by atoms with van der Waals surface area (Å²) in [6, 6.07) is 2.75. The van der Waals surface area contributed by atoms with E-state index in [9.17, 15) is 10.1 Å². The van der Waals surface area contributed by atoms with Crippen molar-refractivity contribution in [2.24, 2.45) is 5.84 Å². The molecule has 0 aromatic carbocycles. The standard InChI is InChI=1S/C11H17N5O2/c1-2-11(4-3-5-11)14-9-6-8(16(17)18)7-10(13-9)15-12/h6-7H,2-5,12H2,1H3,(H2,13,14,15). The maximum absolute atomic E-state index is 10.8. The highest BCUT2D eigenvalue weighted by atomic mass is 16.6. The van der Waals surface area contributed by atoms with Crippen molar-refractivity contribution in [3.8, 4) is 0 Å². The number of nitro groups is 1. The van der Waals surface area contributed by atoms with Gasteiger partial charge in [-0.05, 0) is 25.7 Å². The number of anilines is 2. The molecule has 98 valence electrons. The van der Waals surface area contributed by atoms with Crippen LogP contribution in [0.1, 0.15) is 32.6 Å². The Hall–Kier alpha value is -1.89. The van der Waals surface area contributed by atoms with Crippen LogP contribution in [0.5, 0.6) is 0 Å². The van der Waals surface area contributed by atoms with Gasteiger partial charge in [-0.1, -0.05) is 6.92 Å². The number of pyridine rings is 1. The van der Waals surface area contributed by atoms with Gasteiger partial charge in [-0.3, -0.25) is 10.1 Å². The van der Waals surface area contributed by atoms with Gasteiger partial charge in [-0.2, -0.15) is 0 Å². The third-order valence-corrected chi connectivity index (χ3v) is 3.55. The Labute approximate surface area is 105 Å². The van der Waals surface area contributed by atoms with Crippen LogP contribution >= 0.6 is 0 Å². The van der Waals surface area contributed by atoms with Crippen molar-refractivity contribution < 1.29 is 4.92 Å². The Kier molecular flexibility index (Phi) is 3.33. The number of hydrogen-bond donors (Lipinski definition) is 3. The molecular formula is C11H17N5O2. The monoisotopic (exact) mass is 251 g/mol. The van der Waals surface area contributed by atoms with Gasteiger partial charge in [0.15, 0.2) is 0 Å². The van der Waals surface area contributed by atoms with Crippen LogP contribution in [0.15, 0.2) is 12.1 Å². The first-order chi connectivity index (χ1) is 8.58. The summed E-state index contributed by atoms with van der Waals surface area (Å²) in [6.45, 7) is 2.10. The van der Waals surface area contributed by atoms with Crippen molar-refractivity contribution in [1.82, 2.24) is 4.98 Å². The van der Waals surface area contributed by atoms with Crippen LogP contribution in [-0.4, -0.2) is 15.4 Å². The average Bonchev–Trinajstić information content (AvgIpc) is 2.33. The van der Waals surface area contributed by atoms with Crippen molar-refractivity contribution in [3.63, 3.8) is 0 Å². The molecule has 0 saturated heterocycles. The van der Waals surface area contributed by atoms with Crippen LogP contribution in [0.2, 0.25) is 0 Å².